The van der Waals surface area contributed by atoms with Gasteiger partial charge in [-0.1, -0.05) is 18.3 Å². The average molecular weight is 261 g/mol. The van der Waals surface area contributed by atoms with Crippen LogP contribution >= 0.6 is 12.2 Å². The first-order valence-electron chi connectivity index (χ1n) is 5.81. The highest BCUT2D eigenvalue weighted by atomic mass is 32.1. The molecule has 0 aliphatic heterocycles. The Morgan fingerprint density at radius 3 is 2.83 bits per heavy atom. The molecule has 0 radical (unpaired) electrons. The number of thiocarbonyl (C=S) groups is 1. The minimum atomic E-state index is -0.413. The number of benzene rings is 1. The summed E-state index contributed by atoms with van der Waals surface area (Å²) in [6.07, 6.45) is 4.19. The molecule has 2 aromatic rings. The van der Waals surface area contributed by atoms with Crippen LogP contribution in [0.3, 0.4) is 0 Å². The minimum absolute atomic E-state index is 0.0478. The molecule has 0 saturated heterocycles. The first-order chi connectivity index (χ1) is 8.66. The van der Waals surface area contributed by atoms with Crippen molar-refractivity contribution in [3.63, 3.8) is 0 Å². The first kappa shape index (κ1) is 11.3. The van der Waals surface area contributed by atoms with Crippen LogP contribution in [0.2, 0.25) is 0 Å². The van der Waals surface area contributed by atoms with Gasteiger partial charge in [-0.15, -0.1) is 0 Å². The number of nitrogens with two attached hydrogens (primary N) is 1. The highest BCUT2D eigenvalue weighted by Gasteiger charge is 2.26. The molecule has 2 N–H and O–H groups in total. The fourth-order valence-corrected chi connectivity index (χ4v) is 2.22. The number of aromatic nitrogens is 2. The molecule has 1 aliphatic carbocycles. The average Bonchev–Trinajstić information content (AvgIpc) is 3.06. The zero-order valence-electron chi connectivity index (χ0n) is 9.64. The van der Waals surface area contributed by atoms with E-state index in [9.17, 15) is 4.39 Å². The second-order valence-electron chi connectivity index (χ2n) is 4.46. The Bertz CT molecular complexity index is 616. The number of nitrogens with zero attached hydrogens (tertiary/aromatic N) is 2. The molecule has 0 bridgehead atoms. The van der Waals surface area contributed by atoms with E-state index in [1.165, 1.54) is 18.9 Å². The van der Waals surface area contributed by atoms with E-state index in [2.05, 4.69) is 5.10 Å². The minimum Gasteiger partial charge on any atom is -0.389 e. The monoisotopic (exact) mass is 261 g/mol. The van der Waals surface area contributed by atoms with Gasteiger partial charge < -0.3 is 5.73 Å². The Hall–Kier alpha value is -1.75. The van der Waals surface area contributed by atoms with Crippen LogP contribution < -0.4 is 5.73 Å². The SMILES string of the molecule is NC(=S)c1c(F)cccc1-n1ccc(C2CC2)n1. The van der Waals surface area contributed by atoms with Crippen molar-refractivity contribution in [1.82, 2.24) is 9.78 Å². The van der Waals surface area contributed by atoms with Gasteiger partial charge in [-0.05, 0) is 31.0 Å². The fourth-order valence-electron chi connectivity index (χ4n) is 2.02. The van der Waals surface area contributed by atoms with Gasteiger partial charge in [0, 0.05) is 12.1 Å². The maximum atomic E-state index is 13.8. The summed E-state index contributed by atoms with van der Waals surface area (Å²) in [5, 5.41) is 4.46. The summed E-state index contributed by atoms with van der Waals surface area (Å²) in [4.78, 5) is 0.0478. The Labute approximate surface area is 109 Å². The Balaban J connectivity index is 2.09. The smallest absolute Gasteiger partial charge is 0.135 e. The Morgan fingerprint density at radius 1 is 1.39 bits per heavy atom. The van der Waals surface area contributed by atoms with Crippen LogP contribution in [-0.4, -0.2) is 14.8 Å². The maximum absolute atomic E-state index is 13.8. The number of hydrogen-bond acceptors (Lipinski definition) is 2. The maximum Gasteiger partial charge on any atom is 0.135 e. The summed E-state index contributed by atoms with van der Waals surface area (Å²) in [7, 11) is 0. The molecule has 1 fully saturated rings. The molecule has 3 rings (SSSR count). The summed E-state index contributed by atoms with van der Waals surface area (Å²) in [6, 6.07) is 6.71. The molecule has 1 aromatic heterocycles. The zero-order valence-corrected chi connectivity index (χ0v) is 10.5. The number of rotatable bonds is 3. The van der Waals surface area contributed by atoms with Crippen LogP contribution in [0.5, 0.6) is 0 Å². The van der Waals surface area contributed by atoms with Crippen molar-refractivity contribution >= 4 is 17.2 Å². The van der Waals surface area contributed by atoms with Crippen molar-refractivity contribution < 1.29 is 4.39 Å². The largest absolute Gasteiger partial charge is 0.389 e. The summed E-state index contributed by atoms with van der Waals surface area (Å²) in [5.74, 6) is 0.150. The van der Waals surface area contributed by atoms with Crippen molar-refractivity contribution in [2.24, 2.45) is 5.73 Å². The molecule has 3 nitrogen and oxygen atoms in total. The quantitative estimate of drug-likeness (QED) is 0.863. The fraction of sp³-hybridized carbons (Fsp3) is 0.231. The molecular weight excluding hydrogens is 249 g/mol. The van der Waals surface area contributed by atoms with E-state index < -0.39 is 5.82 Å². The van der Waals surface area contributed by atoms with Gasteiger partial charge in [-0.3, -0.25) is 0 Å². The van der Waals surface area contributed by atoms with Gasteiger partial charge in [0.25, 0.3) is 0 Å². The summed E-state index contributed by atoms with van der Waals surface area (Å²) in [5.41, 5.74) is 7.47. The van der Waals surface area contributed by atoms with Crippen LogP contribution in [0.1, 0.15) is 30.0 Å². The third kappa shape index (κ3) is 1.90. The normalized spacial score (nSPS) is 14.7. The molecule has 1 aliphatic rings. The third-order valence-electron chi connectivity index (χ3n) is 3.09. The van der Waals surface area contributed by atoms with E-state index in [0.29, 0.717) is 11.6 Å². The first-order valence-corrected chi connectivity index (χ1v) is 6.22. The molecular formula is C13H12FN3S. The summed E-state index contributed by atoms with van der Waals surface area (Å²) < 4.78 is 15.4. The summed E-state index contributed by atoms with van der Waals surface area (Å²) in [6.45, 7) is 0. The van der Waals surface area contributed by atoms with Crippen molar-refractivity contribution in [2.75, 3.05) is 0 Å². The van der Waals surface area contributed by atoms with Crippen LogP contribution in [0, 0.1) is 5.82 Å². The molecule has 0 amide bonds. The molecule has 0 unspecified atom stereocenters. The van der Waals surface area contributed by atoms with Crippen molar-refractivity contribution in [2.45, 2.75) is 18.8 Å². The van der Waals surface area contributed by atoms with Gasteiger partial charge in [0.1, 0.15) is 10.8 Å². The van der Waals surface area contributed by atoms with Gasteiger partial charge >= 0.3 is 0 Å². The standard InChI is InChI=1S/C13H12FN3S/c14-9-2-1-3-11(12(9)13(15)18)17-7-6-10(16-17)8-4-5-8/h1-3,6-8H,4-5H2,(H2,15,18). The van der Waals surface area contributed by atoms with Crippen LogP contribution in [-0.2, 0) is 0 Å². The highest BCUT2D eigenvalue weighted by Crippen LogP contribution is 2.39. The van der Waals surface area contributed by atoms with Crippen LogP contribution in [0.15, 0.2) is 30.5 Å². The predicted octanol–water partition coefficient (Wildman–Crippen LogP) is 2.52. The van der Waals surface area contributed by atoms with Crippen LogP contribution in [0.4, 0.5) is 4.39 Å². The van der Waals surface area contributed by atoms with Gasteiger partial charge in [-0.2, -0.15) is 5.10 Å². The van der Waals surface area contributed by atoms with Crippen molar-refractivity contribution in [3.05, 3.63) is 47.5 Å². The second kappa shape index (κ2) is 4.17. The van der Waals surface area contributed by atoms with Crippen molar-refractivity contribution in [1.29, 1.82) is 0 Å². The van der Waals surface area contributed by atoms with Gasteiger partial charge in [-0.25, -0.2) is 9.07 Å². The van der Waals surface area contributed by atoms with E-state index in [1.807, 2.05) is 12.3 Å². The molecule has 18 heavy (non-hydrogen) atoms. The molecule has 0 atom stereocenters. The molecule has 1 heterocycles. The lowest BCUT2D eigenvalue weighted by atomic mass is 10.1. The predicted molar refractivity (Wildman–Crippen MR) is 71.4 cm³/mol. The third-order valence-corrected chi connectivity index (χ3v) is 3.29. The zero-order chi connectivity index (χ0) is 12.7. The highest BCUT2D eigenvalue weighted by molar-refractivity contribution is 7.80. The van der Waals surface area contributed by atoms with E-state index in [4.69, 9.17) is 18.0 Å². The molecule has 1 saturated carbocycles. The van der Waals surface area contributed by atoms with Gasteiger partial charge in [0.15, 0.2) is 0 Å². The summed E-state index contributed by atoms with van der Waals surface area (Å²) >= 11 is 4.90. The van der Waals surface area contributed by atoms with E-state index in [1.54, 1.807) is 16.8 Å². The van der Waals surface area contributed by atoms with Gasteiger partial charge in [0.05, 0.1) is 16.9 Å². The Kier molecular flexibility index (Phi) is 2.63. The molecule has 1 aromatic carbocycles. The van der Waals surface area contributed by atoms with E-state index >= 15 is 0 Å². The topological polar surface area (TPSA) is 43.8 Å². The lowest BCUT2D eigenvalue weighted by molar-refractivity contribution is 0.622. The second-order valence-corrected chi connectivity index (χ2v) is 4.90. The van der Waals surface area contributed by atoms with Crippen LogP contribution in [0.25, 0.3) is 5.69 Å². The van der Waals surface area contributed by atoms with Gasteiger partial charge in [0.2, 0.25) is 0 Å². The van der Waals surface area contributed by atoms with Crippen molar-refractivity contribution in [3.8, 4) is 5.69 Å². The number of hydrogen-bond donors (Lipinski definition) is 1. The Morgan fingerprint density at radius 2 is 2.17 bits per heavy atom. The molecule has 0 spiro atoms. The number of halogens is 1. The molecule has 92 valence electrons. The lowest BCUT2D eigenvalue weighted by Gasteiger charge is -2.09. The lowest BCUT2D eigenvalue weighted by Crippen LogP contribution is -2.16. The molecule has 5 heteroatoms. The van der Waals surface area contributed by atoms with E-state index in [-0.39, 0.29) is 10.6 Å². The van der Waals surface area contributed by atoms with E-state index in [0.717, 1.165) is 5.69 Å².